The number of anilines is 1. The monoisotopic (exact) mass is 336 g/mol. The van der Waals surface area contributed by atoms with E-state index in [2.05, 4.69) is 10.3 Å². The quantitative estimate of drug-likeness (QED) is 0.573. The highest BCUT2D eigenvalue weighted by Crippen LogP contribution is 2.21. The van der Waals surface area contributed by atoms with Crippen LogP contribution in [0.3, 0.4) is 0 Å². The fourth-order valence-electron chi connectivity index (χ4n) is 2.22. The van der Waals surface area contributed by atoms with Crippen molar-refractivity contribution in [1.29, 1.82) is 0 Å². The minimum absolute atomic E-state index is 0.109. The van der Waals surface area contributed by atoms with Crippen molar-refractivity contribution in [3.63, 3.8) is 0 Å². The number of hydrogen-bond acceptors (Lipinski definition) is 3. The molecule has 1 N–H and O–H groups in total. The zero-order chi connectivity index (χ0) is 16.9. The molecule has 0 saturated heterocycles. The Morgan fingerprint density at radius 3 is 2.00 bits per heavy atom. The molecule has 0 aliphatic heterocycles. The summed E-state index contributed by atoms with van der Waals surface area (Å²) in [5.74, 6) is -0.622. The van der Waals surface area contributed by atoms with Gasteiger partial charge in [-0.15, -0.1) is 0 Å². The van der Waals surface area contributed by atoms with Gasteiger partial charge in [-0.3, -0.25) is 9.59 Å². The van der Waals surface area contributed by atoms with Crippen LogP contribution >= 0.6 is 11.6 Å². The molecule has 0 atom stereocenters. The maximum atomic E-state index is 12.7. The molecule has 3 aromatic rings. The minimum Gasteiger partial charge on any atom is -0.320 e. The predicted octanol–water partition coefficient (Wildman–Crippen LogP) is 4.22. The Morgan fingerprint density at radius 2 is 1.38 bits per heavy atom. The zero-order valence-corrected chi connectivity index (χ0v) is 13.3. The van der Waals surface area contributed by atoms with Crippen LogP contribution in [0.1, 0.15) is 26.4 Å². The second-order valence-electron chi connectivity index (χ2n) is 5.05. The highest BCUT2D eigenvalue weighted by Gasteiger charge is 2.18. The first-order chi connectivity index (χ1) is 11.6. The van der Waals surface area contributed by atoms with Gasteiger partial charge in [-0.2, -0.15) is 0 Å². The number of carbonyl (C=O) groups excluding carboxylic acids is 2. The van der Waals surface area contributed by atoms with Crippen LogP contribution < -0.4 is 5.32 Å². The van der Waals surface area contributed by atoms with Gasteiger partial charge in [0.1, 0.15) is 10.8 Å². The summed E-state index contributed by atoms with van der Waals surface area (Å²) in [7, 11) is 0. The van der Waals surface area contributed by atoms with E-state index in [0.717, 1.165) is 0 Å². The Hall–Kier alpha value is -2.98. The molecular weight excluding hydrogens is 324 g/mol. The normalized spacial score (nSPS) is 10.2. The molecule has 4 nitrogen and oxygen atoms in total. The number of aromatic nitrogens is 1. The molecule has 118 valence electrons. The zero-order valence-electron chi connectivity index (χ0n) is 12.6. The maximum absolute atomic E-state index is 12.7. The van der Waals surface area contributed by atoms with Gasteiger partial charge < -0.3 is 5.32 Å². The summed E-state index contributed by atoms with van der Waals surface area (Å²) in [5.41, 5.74) is 1.40. The number of halogens is 1. The SMILES string of the molecule is O=C(Nc1ccc(Cl)nc1C(=O)c1ccccc1)c1ccccc1. The van der Waals surface area contributed by atoms with E-state index in [9.17, 15) is 9.59 Å². The van der Waals surface area contributed by atoms with Crippen LogP contribution in [0.2, 0.25) is 5.15 Å². The number of benzene rings is 2. The third kappa shape index (κ3) is 3.50. The lowest BCUT2D eigenvalue weighted by atomic mass is 10.1. The lowest BCUT2D eigenvalue weighted by Gasteiger charge is -2.10. The molecule has 2 aromatic carbocycles. The van der Waals surface area contributed by atoms with Gasteiger partial charge in [0.2, 0.25) is 5.78 Å². The first-order valence-electron chi connectivity index (χ1n) is 7.28. The van der Waals surface area contributed by atoms with Gasteiger partial charge in [0, 0.05) is 11.1 Å². The molecule has 1 amide bonds. The molecule has 0 fully saturated rings. The van der Waals surface area contributed by atoms with E-state index in [4.69, 9.17) is 11.6 Å². The molecule has 5 heteroatoms. The standard InChI is InChI=1S/C19H13ClN2O2/c20-16-12-11-15(21-19(24)14-9-5-2-6-10-14)17(22-16)18(23)13-7-3-1-4-8-13/h1-12H,(H,21,24). The molecule has 0 unspecified atom stereocenters. The second-order valence-corrected chi connectivity index (χ2v) is 5.43. The third-order valence-corrected chi connectivity index (χ3v) is 3.61. The molecule has 0 aliphatic rings. The summed E-state index contributed by atoms with van der Waals surface area (Å²) in [4.78, 5) is 29.1. The Morgan fingerprint density at radius 1 is 0.792 bits per heavy atom. The lowest BCUT2D eigenvalue weighted by Crippen LogP contribution is -2.16. The van der Waals surface area contributed by atoms with Gasteiger partial charge in [0.25, 0.3) is 5.91 Å². The number of pyridine rings is 1. The molecule has 0 bridgehead atoms. The summed E-state index contributed by atoms with van der Waals surface area (Å²) >= 11 is 5.93. The van der Waals surface area contributed by atoms with Crippen molar-refractivity contribution in [3.8, 4) is 0 Å². The summed E-state index contributed by atoms with van der Waals surface area (Å²) in [6.07, 6.45) is 0. The topological polar surface area (TPSA) is 59.1 Å². The van der Waals surface area contributed by atoms with Gasteiger partial charge in [-0.05, 0) is 24.3 Å². The molecule has 1 heterocycles. The number of hydrogen-bond donors (Lipinski definition) is 1. The Kier molecular flexibility index (Phi) is 4.68. The van der Waals surface area contributed by atoms with Crippen molar-refractivity contribution < 1.29 is 9.59 Å². The van der Waals surface area contributed by atoms with E-state index >= 15 is 0 Å². The Bertz CT molecular complexity index is 880. The van der Waals surface area contributed by atoms with Crippen LogP contribution in [-0.2, 0) is 0 Å². The van der Waals surface area contributed by atoms with E-state index < -0.39 is 0 Å². The smallest absolute Gasteiger partial charge is 0.255 e. The lowest BCUT2D eigenvalue weighted by molar-refractivity contribution is 0.102. The van der Waals surface area contributed by atoms with Crippen LogP contribution in [0.15, 0.2) is 72.8 Å². The van der Waals surface area contributed by atoms with E-state index in [1.54, 1.807) is 54.6 Å². The number of nitrogens with one attached hydrogen (secondary N) is 1. The molecule has 24 heavy (non-hydrogen) atoms. The van der Waals surface area contributed by atoms with Crippen molar-refractivity contribution in [3.05, 3.63) is 94.8 Å². The summed E-state index contributed by atoms with van der Waals surface area (Å²) in [6.45, 7) is 0. The van der Waals surface area contributed by atoms with E-state index in [0.29, 0.717) is 16.8 Å². The fraction of sp³-hybridized carbons (Fsp3) is 0. The van der Waals surface area contributed by atoms with E-state index in [1.807, 2.05) is 12.1 Å². The van der Waals surface area contributed by atoms with Crippen LogP contribution in [0.4, 0.5) is 5.69 Å². The van der Waals surface area contributed by atoms with Crippen molar-refractivity contribution in [2.45, 2.75) is 0 Å². The van der Waals surface area contributed by atoms with Crippen molar-refractivity contribution in [1.82, 2.24) is 4.98 Å². The van der Waals surface area contributed by atoms with Crippen LogP contribution in [0.5, 0.6) is 0 Å². The molecule has 0 spiro atoms. The molecule has 0 aliphatic carbocycles. The van der Waals surface area contributed by atoms with Crippen LogP contribution in [0.25, 0.3) is 0 Å². The van der Waals surface area contributed by atoms with Gasteiger partial charge in [0.05, 0.1) is 5.69 Å². The first-order valence-corrected chi connectivity index (χ1v) is 7.65. The van der Waals surface area contributed by atoms with Crippen LogP contribution in [-0.4, -0.2) is 16.7 Å². The number of rotatable bonds is 4. The fourth-order valence-corrected chi connectivity index (χ4v) is 2.37. The van der Waals surface area contributed by atoms with Gasteiger partial charge in [-0.25, -0.2) is 4.98 Å². The Labute approximate surface area is 144 Å². The number of amides is 1. The average Bonchev–Trinajstić information content (AvgIpc) is 2.64. The van der Waals surface area contributed by atoms with Gasteiger partial charge >= 0.3 is 0 Å². The third-order valence-electron chi connectivity index (χ3n) is 3.40. The summed E-state index contributed by atoms with van der Waals surface area (Å²) in [6, 6.07) is 20.6. The minimum atomic E-state index is -0.318. The van der Waals surface area contributed by atoms with Crippen molar-refractivity contribution in [2.24, 2.45) is 0 Å². The predicted molar refractivity (Wildman–Crippen MR) is 93.5 cm³/mol. The van der Waals surface area contributed by atoms with Gasteiger partial charge in [0.15, 0.2) is 0 Å². The molecule has 0 saturated carbocycles. The molecule has 3 rings (SSSR count). The molecule has 0 radical (unpaired) electrons. The number of ketones is 1. The Balaban J connectivity index is 1.94. The first kappa shape index (κ1) is 15.9. The summed E-state index contributed by atoms with van der Waals surface area (Å²) < 4.78 is 0. The highest BCUT2D eigenvalue weighted by atomic mass is 35.5. The second kappa shape index (κ2) is 7.06. The molecular formula is C19H13ClN2O2. The van der Waals surface area contributed by atoms with E-state index in [1.165, 1.54) is 6.07 Å². The van der Waals surface area contributed by atoms with Crippen LogP contribution in [0, 0.1) is 0 Å². The number of carbonyl (C=O) groups is 2. The maximum Gasteiger partial charge on any atom is 0.255 e. The average molecular weight is 337 g/mol. The van der Waals surface area contributed by atoms with Crippen molar-refractivity contribution in [2.75, 3.05) is 5.32 Å². The summed E-state index contributed by atoms with van der Waals surface area (Å²) in [5, 5.41) is 2.91. The van der Waals surface area contributed by atoms with Gasteiger partial charge in [-0.1, -0.05) is 60.1 Å². The molecule has 1 aromatic heterocycles. The van der Waals surface area contributed by atoms with Crippen molar-refractivity contribution >= 4 is 29.0 Å². The largest absolute Gasteiger partial charge is 0.320 e. The number of nitrogens with zero attached hydrogens (tertiary/aromatic N) is 1. The highest BCUT2D eigenvalue weighted by molar-refractivity contribution is 6.30. The van der Waals surface area contributed by atoms with E-state index in [-0.39, 0.29) is 22.5 Å².